The van der Waals surface area contributed by atoms with Crippen LogP contribution in [0.2, 0.25) is 0 Å². The van der Waals surface area contributed by atoms with Gasteiger partial charge in [-0.3, -0.25) is 9.59 Å². The molecule has 0 unspecified atom stereocenters. The Morgan fingerprint density at radius 1 is 1.30 bits per heavy atom. The number of benzene rings is 1. The van der Waals surface area contributed by atoms with Gasteiger partial charge in [0.25, 0.3) is 5.91 Å². The lowest BCUT2D eigenvalue weighted by atomic mass is 10.2. The topological polar surface area (TPSA) is 79.7 Å². The molecule has 0 atom stereocenters. The van der Waals surface area contributed by atoms with Gasteiger partial charge in [0.15, 0.2) is 0 Å². The summed E-state index contributed by atoms with van der Waals surface area (Å²) >= 11 is 1.34. The Morgan fingerprint density at radius 2 is 2.00 bits per heavy atom. The lowest BCUT2D eigenvalue weighted by Gasteiger charge is -2.12. The molecule has 23 heavy (non-hydrogen) atoms. The van der Waals surface area contributed by atoms with Crippen LogP contribution in [0.4, 0.5) is 0 Å². The normalized spacial score (nSPS) is 10.3. The molecule has 0 spiro atoms. The van der Waals surface area contributed by atoms with Gasteiger partial charge in [0.1, 0.15) is 23.0 Å². The fourth-order valence-electron chi connectivity index (χ4n) is 1.89. The van der Waals surface area contributed by atoms with E-state index in [9.17, 15) is 9.59 Å². The first-order chi connectivity index (χ1) is 11.0. The highest BCUT2D eigenvalue weighted by atomic mass is 32.1. The van der Waals surface area contributed by atoms with Crippen LogP contribution < -0.4 is 4.74 Å². The first-order valence-corrected chi connectivity index (χ1v) is 8.05. The minimum Gasteiger partial charge on any atom is -0.494 e. The highest BCUT2D eigenvalue weighted by molar-refractivity contribution is 7.13. The molecule has 0 fully saturated rings. The highest BCUT2D eigenvalue weighted by Crippen LogP contribution is 2.26. The Hall–Kier alpha value is -2.41. The molecular weight excluding hydrogens is 316 g/mol. The maximum atomic E-state index is 12.1. The number of nitrogens with zero attached hydrogens (tertiary/aromatic N) is 2. The number of aliphatic carboxylic acids is 1. The summed E-state index contributed by atoms with van der Waals surface area (Å²) in [6.07, 6.45) is 0.948. The van der Waals surface area contributed by atoms with Crippen LogP contribution in [0, 0.1) is 0 Å². The number of rotatable bonds is 7. The van der Waals surface area contributed by atoms with E-state index in [1.54, 1.807) is 5.38 Å². The molecule has 1 amide bonds. The van der Waals surface area contributed by atoms with Gasteiger partial charge in [-0.1, -0.05) is 6.92 Å². The van der Waals surface area contributed by atoms with E-state index in [2.05, 4.69) is 4.98 Å². The van der Waals surface area contributed by atoms with Crippen molar-refractivity contribution in [3.8, 4) is 16.3 Å². The number of ether oxygens (including phenoxy) is 1. The zero-order chi connectivity index (χ0) is 16.8. The van der Waals surface area contributed by atoms with Crippen molar-refractivity contribution in [3.05, 3.63) is 35.3 Å². The Labute approximate surface area is 138 Å². The first kappa shape index (κ1) is 17.0. The van der Waals surface area contributed by atoms with Gasteiger partial charge >= 0.3 is 5.97 Å². The van der Waals surface area contributed by atoms with Crippen molar-refractivity contribution < 1.29 is 19.4 Å². The predicted molar refractivity (Wildman–Crippen MR) is 87.9 cm³/mol. The van der Waals surface area contributed by atoms with E-state index < -0.39 is 11.9 Å². The summed E-state index contributed by atoms with van der Waals surface area (Å²) in [4.78, 5) is 28.2. The lowest BCUT2D eigenvalue weighted by Crippen LogP contribution is -2.32. The minimum absolute atomic E-state index is 0.250. The van der Waals surface area contributed by atoms with Gasteiger partial charge in [0.05, 0.1) is 6.61 Å². The molecule has 7 heteroatoms. The second kappa shape index (κ2) is 7.73. The summed E-state index contributed by atoms with van der Waals surface area (Å²) in [7, 11) is 1.44. The van der Waals surface area contributed by atoms with Crippen molar-refractivity contribution in [1.82, 2.24) is 9.88 Å². The fraction of sp³-hybridized carbons (Fsp3) is 0.312. The van der Waals surface area contributed by atoms with Crippen molar-refractivity contribution >= 4 is 23.2 Å². The number of carboxylic acid groups (broad SMARTS) is 1. The Kier molecular flexibility index (Phi) is 5.70. The number of carbonyl (C=O) groups excluding carboxylic acids is 1. The number of amides is 1. The monoisotopic (exact) mass is 334 g/mol. The molecule has 1 N–H and O–H groups in total. The SMILES string of the molecule is CCCOc1ccc(-c2nc(C(=O)N(C)CC(=O)O)cs2)cc1. The van der Waals surface area contributed by atoms with Crippen LogP contribution in [0.1, 0.15) is 23.8 Å². The van der Waals surface area contributed by atoms with Gasteiger partial charge < -0.3 is 14.7 Å². The van der Waals surface area contributed by atoms with Crippen LogP contribution in [-0.2, 0) is 4.79 Å². The third-order valence-corrected chi connectivity index (χ3v) is 3.91. The molecule has 0 saturated heterocycles. The highest BCUT2D eigenvalue weighted by Gasteiger charge is 2.18. The van der Waals surface area contributed by atoms with E-state index in [1.165, 1.54) is 18.4 Å². The van der Waals surface area contributed by atoms with Crippen molar-refractivity contribution in [3.63, 3.8) is 0 Å². The largest absolute Gasteiger partial charge is 0.494 e. The van der Waals surface area contributed by atoms with Crippen LogP contribution >= 0.6 is 11.3 Å². The maximum absolute atomic E-state index is 12.1. The first-order valence-electron chi connectivity index (χ1n) is 7.17. The Balaban J connectivity index is 2.09. The predicted octanol–water partition coefficient (Wildman–Crippen LogP) is 2.76. The third kappa shape index (κ3) is 4.53. The summed E-state index contributed by atoms with van der Waals surface area (Å²) in [6, 6.07) is 7.51. The summed E-state index contributed by atoms with van der Waals surface area (Å²) in [5, 5.41) is 11.1. The van der Waals surface area contributed by atoms with Gasteiger partial charge in [-0.25, -0.2) is 4.98 Å². The van der Waals surface area contributed by atoms with Gasteiger partial charge in [-0.15, -0.1) is 11.3 Å². The average molecular weight is 334 g/mol. The van der Waals surface area contributed by atoms with Crippen LogP contribution in [-0.4, -0.2) is 47.1 Å². The van der Waals surface area contributed by atoms with Crippen LogP contribution in [0.3, 0.4) is 0 Å². The van der Waals surface area contributed by atoms with Gasteiger partial charge in [0.2, 0.25) is 0 Å². The summed E-state index contributed by atoms with van der Waals surface area (Å²) < 4.78 is 5.52. The molecule has 1 aromatic heterocycles. The number of carboxylic acids is 1. The molecule has 0 bridgehead atoms. The van der Waals surface area contributed by atoms with Gasteiger partial charge in [-0.2, -0.15) is 0 Å². The van der Waals surface area contributed by atoms with E-state index in [0.717, 1.165) is 22.6 Å². The van der Waals surface area contributed by atoms with Crippen molar-refractivity contribution in [2.24, 2.45) is 0 Å². The number of aromatic nitrogens is 1. The Bertz CT molecular complexity index is 682. The third-order valence-electron chi connectivity index (χ3n) is 3.02. The zero-order valence-electron chi connectivity index (χ0n) is 13.0. The molecule has 0 radical (unpaired) electrons. The molecule has 2 aromatic rings. The Morgan fingerprint density at radius 3 is 2.61 bits per heavy atom. The molecule has 2 rings (SSSR count). The van der Waals surface area contributed by atoms with E-state index in [0.29, 0.717) is 11.6 Å². The van der Waals surface area contributed by atoms with E-state index in [4.69, 9.17) is 9.84 Å². The quantitative estimate of drug-likeness (QED) is 0.842. The summed E-state index contributed by atoms with van der Waals surface area (Å²) in [5.41, 5.74) is 1.14. The van der Waals surface area contributed by atoms with Crippen molar-refractivity contribution in [2.45, 2.75) is 13.3 Å². The number of carbonyl (C=O) groups is 2. The van der Waals surface area contributed by atoms with Crippen molar-refractivity contribution in [1.29, 1.82) is 0 Å². The van der Waals surface area contributed by atoms with Crippen LogP contribution in [0.25, 0.3) is 10.6 Å². The van der Waals surface area contributed by atoms with Crippen LogP contribution in [0.15, 0.2) is 29.6 Å². The molecule has 1 aromatic carbocycles. The van der Waals surface area contributed by atoms with E-state index in [-0.39, 0.29) is 12.2 Å². The van der Waals surface area contributed by atoms with E-state index in [1.807, 2.05) is 31.2 Å². The van der Waals surface area contributed by atoms with Crippen molar-refractivity contribution in [2.75, 3.05) is 20.2 Å². The fourth-order valence-corrected chi connectivity index (χ4v) is 2.69. The van der Waals surface area contributed by atoms with Gasteiger partial charge in [0, 0.05) is 18.0 Å². The number of hydrogen-bond acceptors (Lipinski definition) is 5. The molecule has 0 aliphatic heterocycles. The zero-order valence-corrected chi connectivity index (χ0v) is 13.8. The molecule has 0 aliphatic carbocycles. The summed E-state index contributed by atoms with van der Waals surface area (Å²) in [5.74, 6) is -0.665. The molecule has 0 saturated carbocycles. The number of hydrogen-bond donors (Lipinski definition) is 1. The molecular formula is C16H18N2O4S. The minimum atomic E-state index is -1.06. The second-order valence-electron chi connectivity index (χ2n) is 4.97. The molecule has 122 valence electrons. The standard InChI is InChI=1S/C16H18N2O4S/c1-3-8-22-12-6-4-11(5-7-12)15-17-13(10-23-15)16(21)18(2)9-14(19)20/h4-7,10H,3,8-9H2,1-2H3,(H,19,20). The molecule has 1 heterocycles. The molecule has 6 nitrogen and oxygen atoms in total. The number of likely N-dealkylation sites (N-methyl/N-ethyl adjacent to an activating group) is 1. The number of thiazole rings is 1. The average Bonchev–Trinajstić information content (AvgIpc) is 3.02. The van der Waals surface area contributed by atoms with Crippen LogP contribution in [0.5, 0.6) is 5.75 Å². The lowest BCUT2D eigenvalue weighted by molar-refractivity contribution is -0.137. The smallest absolute Gasteiger partial charge is 0.323 e. The molecule has 0 aliphatic rings. The maximum Gasteiger partial charge on any atom is 0.323 e. The van der Waals surface area contributed by atoms with Gasteiger partial charge in [-0.05, 0) is 30.7 Å². The summed E-state index contributed by atoms with van der Waals surface area (Å²) in [6.45, 7) is 2.37. The second-order valence-corrected chi connectivity index (χ2v) is 5.82. The van der Waals surface area contributed by atoms with E-state index >= 15 is 0 Å².